The van der Waals surface area contributed by atoms with Gasteiger partial charge < -0.3 is 10.2 Å². The summed E-state index contributed by atoms with van der Waals surface area (Å²) in [6, 6.07) is 6.71. The van der Waals surface area contributed by atoms with Gasteiger partial charge in [0.05, 0.1) is 0 Å². The molecule has 1 saturated heterocycles. The number of hydrogen-bond acceptors (Lipinski definition) is 2. The van der Waals surface area contributed by atoms with Gasteiger partial charge in [0.15, 0.2) is 0 Å². The summed E-state index contributed by atoms with van der Waals surface area (Å²) >= 11 is 3.60. The first-order valence-electron chi connectivity index (χ1n) is 7.84. The van der Waals surface area contributed by atoms with Crippen molar-refractivity contribution in [1.82, 2.24) is 5.32 Å². The standard InChI is InChI=1S/C17H27BrN2/c1-4-14-7-8-20(12-14)17-6-5-16(18)9-15(17)11-19-10-13(2)3/h5-6,9,13-14,19H,4,7-8,10-12H2,1-3H3. The van der Waals surface area contributed by atoms with Crippen molar-refractivity contribution in [3.63, 3.8) is 0 Å². The van der Waals surface area contributed by atoms with Crippen LogP contribution in [0.15, 0.2) is 22.7 Å². The van der Waals surface area contributed by atoms with Crippen molar-refractivity contribution in [3.05, 3.63) is 28.2 Å². The lowest BCUT2D eigenvalue weighted by molar-refractivity contribution is 0.551. The van der Waals surface area contributed by atoms with Crippen LogP contribution in [-0.4, -0.2) is 19.6 Å². The predicted molar refractivity (Wildman–Crippen MR) is 91.3 cm³/mol. The summed E-state index contributed by atoms with van der Waals surface area (Å²) in [5, 5.41) is 3.57. The molecular formula is C17H27BrN2. The molecule has 20 heavy (non-hydrogen) atoms. The molecule has 1 atom stereocenters. The van der Waals surface area contributed by atoms with Gasteiger partial charge >= 0.3 is 0 Å². The third-order valence-electron chi connectivity index (χ3n) is 4.11. The Balaban J connectivity index is 2.07. The highest BCUT2D eigenvalue weighted by atomic mass is 79.9. The zero-order valence-electron chi connectivity index (χ0n) is 13.0. The molecule has 0 amide bonds. The molecule has 2 rings (SSSR count). The molecule has 1 N–H and O–H groups in total. The van der Waals surface area contributed by atoms with Crippen LogP contribution in [0.2, 0.25) is 0 Å². The molecular weight excluding hydrogens is 312 g/mol. The van der Waals surface area contributed by atoms with Crippen LogP contribution in [0.5, 0.6) is 0 Å². The Morgan fingerprint density at radius 3 is 2.85 bits per heavy atom. The second-order valence-electron chi connectivity index (χ2n) is 6.31. The minimum atomic E-state index is 0.696. The molecule has 0 bridgehead atoms. The molecule has 1 aliphatic rings. The Kier molecular flexibility index (Phi) is 5.91. The van der Waals surface area contributed by atoms with Crippen LogP contribution in [0.1, 0.15) is 39.2 Å². The van der Waals surface area contributed by atoms with E-state index in [1.54, 1.807) is 0 Å². The largest absolute Gasteiger partial charge is 0.371 e. The summed E-state index contributed by atoms with van der Waals surface area (Å²) in [4.78, 5) is 2.56. The van der Waals surface area contributed by atoms with Gasteiger partial charge in [-0.2, -0.15) is 0 Å². The molecule has 1 heterocycles. The maximum absolute atomic E-state index is 3.60. The van der Waals surface area contributed by atoms with E-state index in [0.717, 1.165) is 19.0 Å². The van der Waals surface area contributed by atoms with Crippen LogP contribution in [-0.2, 0) is 6.54 Å². The predicted octanol–water partition coefficient (Wildman–Crippen LogP) is 4.43. The van der Waals surface area contributed by atoms with E-state index in [-0.39, 0.29) is 0 Å². The van der Waals surface area contributed by atoms with Crippen molar-refractivity contribution in [2.75, 3.05) is 24.5 Å². The molecule has 3 heteroatoms. The minimum Gasteiger partial charge on any atom is -0.371 e. The summed E-state index contributed by atoms with van der Waals surface area (Å²) in [6.07, 6.45) is 2.64. The fourth-order valence-corrected chi connectivity index (χ4v) is 3.29. The van der Waals surface area contributed by atoms with Crippen LogP contribution in [0.3, 0.4) is 0 Å². The maximum Gasteiger partial charge on any atom is 0.0412 e. The number of nitrogens with zero attached hydrogens (tertiary/aromatic N) is 1. The number of hydrogen-bond donors (Lipinski definition) is 1. The van der Waals surface area contributed by atoms with Crippen LogP contribution in [0.4, 0.5) is 5.69 Å². The molecule has 0 radical (unpaired) electrons. The normalized spacial score (nSPS) is 19.1. The average molecular weight is 339 g/mol. The maximum atomic E-state index is 3.60. The van der Waals surface area contributed by atoms with E-state index in [4.69, 9.17) is 0 Å². The lowest BCUT2D eigenvalue weighted by Gasteiger charge is -2.23. The second-order valence-corrected chi connectivity index (χ2v) is 7.22. The number of rotatable bonds is 6. The Hall–Kier alpha value is -0.540. The quantitative estimate of drug-likeness (QED) is 0.825. The van der Waals surface area contributed by atoms with E-state index >= 15 is 0 Å². The summed E-state index contributed by atoms with van der Waals surface area (Å²) in [5.74, 6) is 1.57. The zero-order chi connectivity index (χ0) is 14.5. The van der Waals surface area contributed by atoms with Crippen molar-refractivity contribution in [3.8, 4) is 0 Å². The first-order chi connectivity index (χ1) is 9.60. The van der Waals surface area contributed by atoms with E-state index in [1.165, 1.54) is 41.7 Å². The Labute approximate surface area is 132 Å². The molecule has 0 saturated carbocycles. The van der Waals surface area contributed by atoms with Gasteiger partial charge in [-0.05, 0) is 48.6 Å². The van der Waals surface area contributed by atoms with E-state index in [1.807, 2.05) is 0 Å². The molecule has 0 aromatic heterocycles. The molecule has 1 aromatic carbocycles. The van der Waals surface area contributed by atoms with Crippen LogP contribution < -0.4 is 10.2 Å². The van der Waals surface area contributed by atoms with Gasteiger partial charge in [0.25, 0.3) is 0 Å². The first-order valence-corrected chi connectivity index (χ1v) is 8.63. The fourth-order valence-electron chi connectivity index (χ4n) is 2.88. The number of anilines is 1. The van der Waals surface area contributed by atoms with E-state index in [2.05, 4.69) is 65.1 Å². The van der Waals surface area contributed by atoms with Gasteiger partial charge in [-0.1, -0.05) is 43.1 Å². The van der Waals surface area contributed by atoms with Crippen LogP contribution >= 0.6 is 15.9 Å². The van der Waals surface area contributed by atoms with E-state index < -0.39 is 0 Å². The smallest absolute Gasteiger partial charge is 0.0412 e. The Morgan fingerprint density at radius 1 is 1.40 bits per heavy atom. The molecule has 0 aliphatic carbocycles. The highest BCUT2D eigenvalue weighted by Crippen LogP contribution is 2.30. The summed E-state index contributed by atoms with van der Waals surface area (Å²) < 4.78 is 1.17. The molecule has 1 unspecified atom stereocenters. The molecule has 112 valence electrons. The molecule has 1 fully saturated rings. The third-order valence-corrected chi connectivity index (χ3v) is 4.61. The van der Waals surface area contributed by atoms with Gasteiger partial charge in [0.2, 0.25) is 0 Å². The Morgan fingerprint density at radius 2 is 2.20 bits per heavy atom. The zero-order valence-corrected chi connectivity index (χ0v) is 14.5. The number of benzene rings is 1. The van der Waals surface area contributed by atoms with Crippen molar-refractivity contribution in [1.29, 1.82) is 0 Å². The highest BCUT2D eigenvalue weighted by Gasteiger charge is 2.22. The SMILES string of the molecule is CCC1CCN(c2ccc(Br)cc2CNCC(C)C)C1. The van der Waals surface area contributed by atoms with E-state index in [0.29, 0.717) is 5.92 Å². The molecule has 0 spiro atoms. The van der Waals surface area contributed by atoms with Crippen molar-refractivity contribution < 1.29 is 0 Å². The minimum absolute atomic E-state index is 0.696. The first kappa shape index (κ1) is 15.8. The lowest BCUT2D eigenvalue weighted by Crippen LogP contribution is -2.24. The number of halogens is 1. The third kappa shape index (κ3) is 4.23. The van der Waals surface area contributed by atoms with E-state index in [9.17, 15) is 0 Å². The average Bonchev–Trinajstić information content (AvgIpc) is 2.87. The van der Waals surface area contributed by atoms with Crippen molar-refractivity contribution >= 4 is 21.6 Å². The molecule has 1 aromatic rings. The van der Waals surface area contributed by atoms with Crippen molar-refractivity contribution in [2.24, 2.45) is 11.8 Å². The van der Waals surface area contributed by atoms with Crippen LogP contribution in [0, 0.1) is 11.8 Å². The van der Waals surface area contributed by atoms with Crippen molar-refractivity contribution in [2.45, 2.75) is 40.2 Å². The van der Waals surface area contributed by atoms with Gasteiger partial charge in [0, 0.05) is 29.8 Å². The number of nitrogens with one attached hydrogen (secondary N) is 1. The molecule has 2 nitrogen and oxygen atoms in total. The Bertz CT molecular complexity index is 431. The monoisotopic (exact) mass is 338 g/mol. The second kappa shape index (κ2) is 7.46. The van der Waals surface area contributed by atoms with Crippen LogP contribution in [0.25, 0.3) is 0 Å². The lowest BCUT2D eigenvalue weighted by atomic mass is 10.1. The topological polar surface area (TPSA) is 15.3 Å². The van der Waals surface area contributed by atoms with Gasteiger partial charge in [0.1, 0.15) is 0 Å². The van der Waals surface area contributed by atoms with Gasteiger partial charge in [-0.15, -0.1) is 0 Å². The fraction of sp³-hybridized carbons (Fsp3) is 0.647. The summed E-state index contributed by atoms with van der Waals surface area (Å²) in [5.41, 5.74) is 2.83. The van der Waals surface area contributed by atoms with Gasteiger partial charge in [-0.25, -0.2) is 0 Å². The highest BCUT2D eigenvalue weighted by molar-refractivity contribution is 9.10. The molecule has 1 aliphatic heterocycles. The summed E-state index contributed by atoms with van der Waals surface area (Å²) in [7, 11) is 0. The summed E-state index contributed by atoms with van der Waals surface area (Å²) in [6.45, 7) is 11.3. The van der Waals surface area contributed by atoms with Gasteiger partial charge in [-0.3, -0.25) is 0 Å².